The second-order valence-corrected chi connectivity index (χ2v) is 4.93. The minimum absolute atomic E-state index is 0.141. The van der Waals surface area contributed by atoms with Gasteiger partial charge in [0.05, 0.1) is 0 Å². The molecule has 3 nitrogen and oxygen atoms in total. The summed E-state index contributed by atoms with van der Waals surface area (Å²) in [5.74, 6) is 0.731. The maximum atomic E-state index is 6.06. The Kier molecular flexibility index (Phi) is 13.3. The van der Waals surface area contributed by atoms with Gasteiger partial charge in [0.1, 0.15) is 5.84 Å². The van der Waals surface area contributed by atoms with Gasteiger partial charge in [0, 0.05) is 28.9 Å². The molecule has 1 atom stereocenters. The topological polar surface area (TPSA) is 50.4 Å². The lowest BCUT2D eigenvalue weighted by Gasteiger charge is -2.14. The highest BCUT2D eigenvalue weighted by Gasteiger charge is 2.07. The number of allylic oxidation sites excluding steroid dienone is 1. The predicted octanol–water partition coefficient (Wildman–Crippen LogP) is 5.42. The molecule has 0 heterocycles. The van der Waals surface area contributed by atoms with E-state index in [2.05, 4.69) is 30.0 Å². The van der Waals surface area contributed by atoms with Crippen LogP contribution in [0.25, 0.3) is 0 Å². The van der Waals surface area contributed by atoms with E-state index in [9.17, 15) is 0 Å². The van der Waals surface area contributed by atoms with Crippen LogP contribution in [0.1, 0.15) is 33.3 Å². The molecule has 0 saturated carbocycles. The largest absolute Gasteiger partial charge is 0.387 e. The Labute approximate surface area is 141 Å². The van der Waals surface area contributed by atoms with Crippen molar-refractivity contribution in [3.63, 3.8) is 0 Å². The summed E-state index contributed by atoms with van der Waals surface area (Å²) >= 11 is 6.06. The van der Waals surface area contributed by atoms with E-state index in [0.717, 1.165) is 22.0 Å². The molecule has 1 aromatic carbocycles. The number of hydrogen-bond acceptors (Lipinski definition) is 2. The third-order valence-electron chi connectivity index (χ3n) is 2.61. The van der Waals surface area contributed by atoms with Crippen LogP contribution in [0, 0.1) is 12.8 Å². The van der Waals surface area contributed by atoms with Gasteiger partial charge in [-0.3, -0.25) is 0 Å². The van der Waals surface area contributed by atoms with E-state index in [1.165, 1.54) is 0 Å². The van der Waals surface area contributed by atoms with Crippen LogP contribution in [0.4, 0.5) is 5.69 Å². The number of benzene rings is 1. The SMILES string of the molecule is C=C.C=C(C)N=C(N)[C@@H](C)CNc1ccc(C)c(Cl)c1.CC. The van der Waals surface area contributed by atoms with Crippen LogP contribution in [0.5, 0.6) is 0 Å². The van der Waals surface area contributed by atoms with Crippen molar-refractivity contribution < 1.29 is 0 Å². The molecular formula is C18H30ClN3. The van der Waals surface area contributed by atoms with Gasteiger partial charge in [-0.25, -0.2) is 4.99 Å². The monoisotopic (exact) mass is 323 g/mol. The van der Waals surface area contributed by atoms with Crippen molar-refractivity contribution in [1.82, 2.24) is 0 Å². The first-order valence-electron chi connectivity index (χ1n) is 7.39. The number of rotatable bonds is 5. The standard InChI is InChI=1S/C14H20ClN3.C2H6.C2H4/c1-9(2)18-14(16)11(4)8-17-12-6-5-10(3)13(15)7-12;2*1-2/h5-7,11,17H,1,8H2,2-4H3,(H2,16,18);1-2H3;1-2H2/t11-;;/m0../s1. The summed E-state index contributed by atoms with van der Waals surface area (Å²) in [6, 6.07) is 5.90. The zero-order valence-corrected chi connectivity index (χ0v) is 15.3. The van der Waals surface area contributed by atoms with E-state index in [1.807, 2.05) is 52.8 Å². The van der Waals surface area contributed by atoms with Crippen LogP contribution in [0.2, 0.25) is 5.02 Å². The minimum Gasteiger partial charge on any atom is -0.387 e. The van der Waals surface area contributed by atoms with E-state index in [-0.39, 0.29) is 5.92 Å². The Hall–Kier alpha value is -1.74. The smallest absolute Gasteiger partial charge is 0.104 e. The molecule has 124 valence electrons. The molecule has 0 spiro atoms. The molecule has 1 aromatic rings. The van der Waals surface area contributed by atoms with Crippen molar-refractivity contribution in [2.24, 2.45) is 16.6 Å². The number of amidine groups is 1. The van der Waals surface area contributed by atoms with E-state index < -0.39 is 0 Å². The van der Waals surface area contributed by atoms with Crippen molar-refractivity contribution in [2.75, 3.05) is 11.9 Å². The highest BCUT2D eigenvalue weighted by molar-refractivity contribution is 6.31. The van der Waals surface area contributed by atoms with Gasteiger partial charge < -0.3 is 11.1 Å². The van der Waals surface area contributed by atoms with Crippen LogP contribution < -0.4 is 11.1 Å². The first-order valence-corrected chi connectivity index (χ1v) is 7.77. The average molecular weight is 324 g/mol. The summed E-state index contributed by atoms with van der Waals surface area (Å²) in [5.41, 5.74) is 8.63. The minimum atomic E-state index is 0.141. The maximum Gasteiger partial charge on any atom is 0.104 e. The van der Waals surface area contributed by atoms with Crippen molar-refractivity contribution in [3.05, 3.63) is 54.2 Å². The molecule has 0 amide bonds. The number of nitrogens with two attached hydrogens (primary N) is 1. The fourth-order valence-corrected chi connectivity index (χ4v) is 1.59. The number of aliphatic imine (C=N–C) groups is 1. The van der Waals surface area contributed by atoms with E-state index in [0.29, 0.717) is 12.4 Å². The number of halogens is 1. The van der Waals surface area contributed by atoms with Gasteiger partial charge in [-0.1, -0.05) is 45.0 Å². The Morgan fingerprint density at radius 3 is 2.36 bits per heavy atom. The average Bonchev–Trinajstić information content (AvgIpc) is 2.51. The van der Waals surface area contributed by atoms with Crippen LogP contribution >= 0.6 is 11.6 Å². The molecule has 22 heavy (non-hydrogen) atoms. The summed E-state index contributed by atoms with van der Waals surface area (Å²) in [6.07, 6.45) is 0. The Morgan fingerprint density at radius 1 is 1.36 bits per heavy atom. The second kappa shape index (κ2) is 13.0. The Bertz CT molecular complexity index is 481. The van der Waals surface area contributed by atoms with E-state index >= 15 is 0 Å². The van der Waals surface area contributed by atoms with Crippen LogP contribution in [-0.2, 0) is 0 Å². The molecule has 0 aromatic heterocycles. The first-order chi connectivity index (χ1) is 10.4. The molecule has 1 rings (SSSR count). The molecule has 3 N–H and O–H groups in total. The first kappa shape index (κ1) is 22.5. The van der Waals surface area contributed by atoms with Crippen molar-refractivity contribution >= 4 is 23.1 Å². The third-order valence-corrected chi connectivity index (χ3v) is 3.02. The molecule has 0 bridgehead atoms. The third kappa shape index (κ3) is 9.24. The van der Waals surface area contributed by atoms with Crippen molar-refractivity contribution in [1.29, 1.82) is 0 Å². The molecule has 0 aliphatic carbocycles. The molecule has 0 aliphatic rings. The summed E-state index contributed by atoms with van der Waals surface area (Å²) in [5, 5.41) is 4.05. The molecule has 0 fully saturated rings. The number of anilines is 1. The number of nitrogens with zero attached hydrogens (tertiary/aromatic N) is 1. The summed E-state index contributed by atoms with van der Waals surface area (Å²) < 4.78 is 0. The van der Waals surface area contributed by atoms with Gasteiger partial charge >= 0.3 is 0 Å². The Balaban J connectivity index is 0. The van der Waals surface area contributed by atoms with E-state index in [1.54, 1.807) is 0 Å². The molecule has 0 saturated heterocycles. The molecule has 0 aliphatic heterocycles. The fraction of sp³-hybridized carbons (Fsp3) is 0.389. The highest BCUT2D eigenvalue weighted by Crippen LogP contribution is 2.20. The van der Waals surface area contributed by atoms with Gasteiger partial charge in [-0.2, -0.15) is 0 Å². The number of aryl methyl sites for hydroxylation is 1. The predicted molar refractivity (Wildman–Crippen MR) is 103 cm³/mol. The summed E-state index contributed by atoms with van der Waals surface area (Å²) in [7, 11) is 0. The van der Waals surface area contributed by atoms with Gasteiger partial charge in [0.15, 0.2) is 0 Å². The zero-order chi connectivity index (χ0) is 17.7. The Morgan fingerprint density at radius 2 is 1.91 bits per heavy atom. The summed E-state index contributed by atoms with van der Waals surface area (Å²) in [6.45, 7) is 20.2. The molecule has 0 radical (unpaired) electrons. The maximum absolute atomic E-state index is 6.06. The second-order valence-electron chi connectivity index (χ2n) is 4.52. The normalized spacial score (nSPS) is 11.3. The van der Waals surface area contributed by atoms with Gasteiger partial charge in [-0.05, 0) is 31.5 Å². The van der Waals surface area contributed by atoms with Crippen molar-refractivity contribution in [3.8, 4) is 0 Å². The zero-order valence-electron chi connectivity index (χ0n) is 14.5. The molecule has 0 unspecified atom stereocenters. The number of hydrogen-bond donors (Lipinski definition) is 2. The van der Waals surface area contributed by atoms with Gasteiger partial charge in [0.2, 0.25) is 0 Å². The summed E-state index contributed by atoms with van der Waals surface area (Å²) in [4.78, 5) is 4.16. The van der Waals surface area contributed by atoms with E-state index in [4.69, 9.17) is 17.3 Å². The van der Waals surface area contributed by atoms with Gasteiger partial charge in [0.25, 0.3) is 0 Å². The quantitative estimate of drug-likeness (QED) is 0.432. The van der Waals surface area contributed by atoms with Crippen LogP contribution in [0.3, 0.4) is 0 Å². The van der Waals surface area contributed by atoms with Crippen molar-refractivity contribution in [2.45, 2.75) is 34.6 Å². The van der Waals surface area contributed by atoms with Crippen LogP contribution in [-0.4, -0.2) is 12.4 Å². The lowest BCUT2D eigenvalue weighted by Crippen LogP contribution is -2.27. The van der Waals surface area contributed by atoms with Gasteiger partial charge in [-0.15, -0.1) is 13.2 Å². The molecular weight excluding hydrogens is 294 g/mol. The highest BCUT2D eigenvalue weighted by atomic mass is 35.5. The molecule has 4 heteroatoms. The lowest BCUT2D eigenvalue weighted by molar-refractivity contribution is 0.805. The number of nitrogens with one attached hydrogen (secondary N) is 1. The lowest BCUT2D eigenvalue weighted by atomic mass is 10.1. The van der Waals surface area contributed by atoms with Crippen LogP contribution in [0.15, 0.2) is 48.6 Å². The fourth-order valence-electron chi connectivity index (χ4n) is 1.41.